The van der Waals surface area contributed by atoms with Crippen LogP contribution in [0.2, 0.25) is 0 Å². The summed E-state index contributed by atoms with van der Waals surface area (Å²) in [5.41, 5.74) is 1.02. The topological polar surface area (TPSA) is 77.2 Å². The van der Waals surface area contributed by atoms with Crippen molar-refractivity contribution in [1.82, 2.24) is 15.5 Å². The van der Waals surface area contributed by atoms with E-state index in [1.165, 1.54) is 6.39 Å². The second-order valence-corrected chi connectivity index (χ2v) is 5.50. The first kappa shape index (κ1) is 13.1. The van der Waals surface area contributed by atoms with Crippen LogP contribution >= 0.6 is 15.9 Å². The molecular formula is C13H12BrN3O3. The van der Waals surface area contributed by atoms with Crippen molar-refractivity contribution < 1.29 is 14.1 Å². The van der Waals surface area contributed by atoms with Crippen LogP contribution in [-0.2, 0) is 11.2 Å². The lowest BCUT2D eigenvalue weighted by molar-refractivity contribution is -0.127. The lowest BCUT2D eigenvalue weighted by atomic mass is 10.1. The molecule has 1 aromatic carbocycles. The molecule has 0 fully saturated rings. The van der Waals surface area contributed by atoms with Gasteiger partial charge in [-0.15, -0.1) is 0 Å². The molecule has 0 saturated heterocycles. The van der Waals surface area contributed by atoms with Crippen LogP contribution in [0.25, 0.3) is 0 Å². The van der Waals surface area contributed by atoms with E-state index in [9.17, 15) is 4.79 Å². The Morgan fingerprint density at radius 1 is 1.55 bits per heavy atom. The van der Waals surface area contributed by atoms with E-state index in [1.54, 1.807) is 6.92 Å². The summed E-state index contributed by atoms with van der Waals surface area (Å²) in [5.74, 6) is 1.01. The standard InChI is InChI=1S/C13H12BrN3O3/c1-7(12-15-6-19-17-12)16-13(18)11-5-8-4-9(14)2-3-10(8)20-11/h2-4,6-7,11H,5H2,1H3,(H,16,18)/t7-,11+/m1/s1. The fourth-order valence-electron chi connectivity index (χ4n) is 2.10. The Kier molecular flexibility index (Phi) is 3.43. The quantitative estimate of drug-likeness (QED) is 0.926. The molecule has 2 aromatic rings. The van der Waals surface area contributed by atoms with Crippen molar-refractivity contribution in [2.45, 2.75) is 25.5 Å². The first-order chi connectivity index (χ1) is 9.63. The van der Waals surface area contributed by atoms with Crippen LogP contribution in [0.15, 0.2) is 33.6 Å². The third-order valence-electron chi connectivity index (χ3n) is 3.11. The molecule has 20 heavy (non-hydrogen) atoms. The molecule has 2 atom stereocenters. The molecule has 1 amide bonds. The largest absolute Gasteiger partial charge is 0.480 e. The van der Waals surface area contributed by atoms with Crippen LogP contribution in [0, 0.1) is 0 Å². The van der Waals surface area contributed by atoms with E-state index in [1.807, 2.05) is 18.2 Å². The van der Waals surface area contributed by atoms with Gasteiger partial charge in [0.2, 0.25) is 6.39 Å². The van der Waals surface area contributed by atoms with Gasteiger partial charge in [0.1, 0.15) is 5.75 Å². The molecule has 0 saturated carbocycles. The number of fused-ring (bicyclic) bond motifs is 1. The minimum atomic E-state index is -0.520. The summed E-state index contributed by atoms with van der Waals surface area (Å²) in [6.07, 6.45) is 1.27. The van der Waals surface area contributed by atoms with Gasteiger partial charge in [0.25, 0.3) is 5.91 Å². The van der Waals surface area contributed by atoms with Crippen molar-refractivity contribution in [1.29, 1.82) is 0 Å². The first-order valence-corrected chi connectivity index (χ1v) is 6.94. The van der Waals surface area contributed by atoms with Crippen LogP contribution in [0.5, 0.6) is 5.75 Å². The fraction of sp³-hybridized carbons (Fsp3) is 0.308. The number of nitrogens with one attached hydrogen (secondary N) is 1. The highest BCUT2D eigenvalue weighted by molar-refractivity contribution is 9.10. The number of carbonyl (C=O) groups excluding carboxylic acids is 1. The van der Waals surface area contributed by atoms with Crippen LogP contribution in [0.3, 0.4) is 0 Å². The molecule has 1 N–H and O–H groups in total. The molecule has 0 spiro atoms. The van der Waals surface area contributed by atoms with Crippen LogP contribution in [0.4, 0.5) is 0 Å². The Bertz CT molecular complexity index is 630. The van der Waals surface area contributed by atoms with E-state index in [4.69, 9.17) is 4.74 Å². The van der Waals surface area contributed by atoms with Crippen molar-refractivity contribution in [3.05, 3.63) is 40.5 Å². The molecule has 7 heteroatoms. The van der Waals surface area contributed by atoms with E-state index < -0.39 is 6.10 Å². The molecule has 104 valence electrons. The average Bonchev–Trinajstić information content (AvgIpc) is 3.07. The zero-order valence-electron chi connectivity index (χ0n) is 10.7. The second kappa shape index (κ2) is 5.24. The van der Waals surface area contributed by atoms with Gasteiger partial charge in [-0.2, -0.15) is 4.98 Å². The number of rotatable bonds is 3. The van der Waals surface area contributed by atoms with Crippen LogP contribution in [-0.4, -0.2) is 22.2 Å². The van der Waals surface area contributed by atoms with Crippen molar-refractivity contribution in [3.8, 4) is 5.75 Å². The highest BCUT2D eigenvalue weighted by atomic mass is 79.9. The van der Waals surface area contributed by atoms with Crippen molar-refractivity contribution in [3.63, 3.8) is 0 Å². The Morgan fingerprint density at radius 2 is 2.40 bits per heavy atom. The smallest absolute Gasteiger partial charge is 0.262 e. The van der Waals surface area contributed by atoms with E-state index in [0.29, 0.717) is 12.2 Å². The van der Waals surface area contributed by atoms with E-state index >= 15 is 0 Å². The maximum absolute atomic E-state index is 12.2. The molecule has 6 nitrogen and oxygen atoms in total. The highest BCUT2D eigenvalue weighted by Crippen LogP contribution is 2.31. The summed E-state index contributed by atoms with van der Waals surface area (Å²) in [6.45, 7) is 1.79. The zero-order chi connectivity index (χ0) is 14.1. The minimum Gasteiger partial charge on any atom is -0.480 e. The van der Waals surface area contributed by atoms with Gasteiger partial charge in [0.15, 0.2) is 11.9 Å². The van der Waals surface area contributed by atoms with Crippen molar-refractivity contribution >= 4 is 21.8 Å². The SMILES string of the molecule is C[C@@H](NC(=O)[C@@H]1Cc2cc(Br)ccc2O1)c1ncon1. The number of amides is 1. The predicted octanol–water partition coefficient (Wildman–Crippen LogP) is 2.01. The van der Waals surface area contributed by atoms with Gasteiger partial charge in [-0.3, -0.25) is 4.79 Å². The normalized spacial score (nSPS) is 18.2. The molecule has 0 radical (unpaired) electrons. The van der Waals surface area contributed by atoms with Gasteiger partial charge >= 0.3 is 0 Å². The van der Waals surface area contributed by atoms with Gasteiger partial charge < -0.3 is 14.6 Å². The van der Waals surface area contributed by atoms with Crippen molar-refractivity contribution in [2.24, 2.45) is 0 Å². The average molecular weight is 338 g/mol. The predicted molar refractivity (Wildman–Crippen MR) is 73.1 cm³/mol. The third-order valence-corrected chi connectivity index (χ3v) is 3.61. The van der Waals surface area contributed by atoms with Gasteiger partial charge in [0, 0.05) is 10.9 Å². The fourth-order valence-corrected chi connectivity index (χ4v) is 2.51. The molecule has 1 aliphatic heterocycles. The number of nitrogens with zero attached hydrogens (tertiary/aromatic N) is 2. The van der Waals surface area contributed by atoms with E-state index in [-0.39, 0.29) is 11.9 Å². The van der Waals surface area contributed by atoms with Crippen molar-refractivity contribution in [2.75, 3.05) is 0 Å². The molecule has 2 heterocycles. The van der Waals surface area contributed by atoms with E-state index in [0.717, 1.165) is 15.8 Å². The van der Waals surface area contributed by atoms with Crippen LogP contribution in [0.1, 0.15) is 24.4 Å². The Balaban J connectivity index is 1.65. The number of hydrogen-bond acceptors (Lipinski definition) is 5. The number of ether oxygens (including phenoxy) is 1. The Labute approximate surface area is 123 Å². The molecule has 1 aromatic heterocycles. The van der Waals surface area contributed by atoms with E-state index in [2.05, 4.69) is 35.9 Å². The summed E-state index contributed by atoms with van der Waals surface area (Å²) in [7, 11) is 0. The molecule has 0 unspecified atom stereocenters. The van der Waals surface area contributed by atoms with Gasteiger partial charge in [-0.05, 0) is 30.7 Å². The second-order valence-electron chi connectivity index (χ2n) is 4.58. The summed E-state index contributed by atoms with van der Waals surface area (Å²) >= 11 is 3.41. The third kappa shape index (κ3) is 2.53. The van der Waals surface area contributed by atoms with Gasteiger partial charge in [0.05, 0.1) is 6.04 Å². The zero-order valence-corrected chi connectivity index (χ0v) is 12.3. The number of hydrogen-bond donors (Lipinski definition) is 1. The molecule has 0 bridgehead atoms. The lowest BCUT2D eigenvalue weighted by Gasteiger charge is -2.14. The lowest BCUT2D eigenvalue weighted by Crippen LogP contribution is -2.39. The highest BCUT2D eigenvalue weighted by Gasteiger charge is 2.30. The van der Waals surface area contributed by atoms with Gasteiger partial charge in [-0.1, -0.05) is 21.1 Å². The molecular weight excluding hydrogens is 326 g/mol. The molecule has 3 rings (SSSR count). The summed E-state index contributed by atoms with van der Waals surface area (Å²) < 4.78 is 11.3. The molecule has 1 aliphatic rings. The first-order valence-electron chi connectivity index (χ1n) is 6.15. The summed E-state index contributed by atoms with van der Waals surface area (Å²) in [4.78, 5) is 16.1. The number of benzene rings is 1. The summed E-state index contributed by atoms with van der Waals surface area (Å²) in [5, 5.41) is 6.51. The Morgan fingerprint density at radius 3 is 3.15 bits per heavy atom. The van der Waals surface area contributed by atoms with Gasteiger partial charge in [-0.25, -0.2) is 0 Å². The monoisotopic (exact) mass is 337 g/mol. The minimum absolute atomic E-state index is 0.186. The maximum atomic E-state index is 12.2. The molecule has 0 aliphatic carbocycles. The maximum Gasteiger partial charge on any atom is 0.262 e. The Hall–Kier alpha value is -1.89. The number of carbonyl (C=O) groups is 1. The van der Waals surface area contributed by atoms with Crippen LogP contribution < -0.4 is 10.1 Å². The number of halogens is 1. The summed E-state index contributed by atoms with van der Waals surface area (Å²) in [6, 6.07) is 5.39. The number of aromatic nitrogens is 2.